The van der Waals surface area contributed by atoms with Crippen molar-refractivity contribution < 1.29 is 13.5 Å². The van der Waals surface area contributed by atoms with Crippen LogP contribution in [0.25, 0.3) is 5.57 Å². The van der Waals surface area contributed by atoms with E-state index in [9.17, 15) is 13.5 Å². The predicted molar refractivity (Wildman–Crippen MR) is 62.5 cm³/mol. The monoisotopic (exact) mass is 238 g/mol. The van der Waals surface area contributed by atoms with Gasteiger partial charge in [0, 0.05) is 5.41 Å². The van der Waals surface area contributed by atoms with Crippen LogP contribution >= 0.6 is 0 Å². The van der Waals surface area contributed by atoms with Crippen molar-refractivity contribution in [1.29, 1.82) is 0 Å². The highest BCUT2D eigenvalue weighted by molar-refractivity contribution is 7.95. The molecular formula is C12H14O3S. The maximum atomic E-state index is 11.8. The minimum atomic E-state index is -3.31. The van der Waals surface area contributed by atoms with Crippen LogP contribution in [0.15, 0.2) is 28.5 Å². The molecule has 4 heteroatoms. The molecule has 16 heavy (non-hydrogen) atoms. The fraction of sp³-hybridized carbons (Fsp3) is 0.333. The van der Waals surface area contributed by atoms with E-state index in [1.807, 2.05) is 0 Å². The normalized spacial score (nSPS) is 18.1. The quantitative estimate of drug-likeness (QED) is 0.814. The molecule has 1 heterocycles. The Balaban J connectivity index is 2.69. The fourth-order valence-electron chi connectivity index (χ4n) is 1.82. The molecule has 0 fully saturated rings. The zero-order chi connectivity index (χ0) is 12.1. The van der Waals surface area contributed by atoms with Crippen molar-refractivity contribution in [2.75, 3.05) is 0 Å². The number of aliphatic hydroxyl groups is 1. The summed E-state index contributed by atoms with van der Waals surface area (Å²) in [6.07, 6.45) is 0. The third kappa shape index (κ3) is 1.68. The molecule has 0 amide bonds. The van der Waals surface area contributed by atoms with Crippen LogP contribution in [0.4, 0.5) is 0 Å². The molecule has 2 rings (SSSR count). The summed E-state index contributed by atoms with van der Waals surface area (Å²) >= 11 is 0. The van der Waals surface area contributed by atoms with Crippen LogP contribution < -0.4 is 0 Å². The molecule has 0 saturated carbocycles. The van der Waals surface area contributed by atoms with E-state index in [4.69, 9.17) is 0 Å². The third-order valence-corrected chi connectivity index (χ3v) is 4.37. The summed E-state index contributed by atoms with van der Waals surface area (Å²) in [5, 5.41) is 11.1. The first-order valence-corrected chi connectivity index (χ1v) is 6.57. The standard InChI is InChI=1S/C12H14O3S/c1-8-7-16(14,15)11-6-9(12(2,3)13)4-5-10(8)11/h4-7,13H,1-3H3. The second kappa shape index (κ2) is 3.18. The van der Waals surface area contributed by atoms with E-state index in [2.05, 4.69) is 0 Å². The molecule has 0 bridgehead atoms. The lowest BCUT2D eigenvalue weighted by atomic mass is 9.96. The number of hydrogen-bond acceptors (Lipinski definition) is 3. The highest BCUT2D eigenvalue weighted by Crippen LogP contribution is 2.35. The Kier molecular flexibility index (Phi) is 2.26. The first-order chi connectivity index (χ1) is 7.22. The van der Waals surface area contributed by atoms with Crippen molar-refractivity contribution in [3.63, 3.8) is 0 Å². The van der Waals surface area contributed by atoms with Gasteiger partial charge in [0.05, 0.1) is 10.5 Å². The number of sulfone groups is 1. The molecule has 0 saturated heterocycles. The highest BCUT2D eigenvalue weighted by atomic mass is 32.2. The Labute approximate surface area is 95.3 Å². The van der Waals surface area contributed by atoms with Gasteiger partial charge < -0.3 is 5.11 Å². The molecule has 86 valence electrons. The van der Waals surface area contributed by atoms with Gasteiger partial charge >= 0.3 is 0 Å². The van der Waals surface area contributed by atoms with Crippen LogP contribution in [0.5, 0.6) is 0 Å². The van der Waals surface area contributed by atoms with E-state index in [1.165, 1.54) is 5.41 Å². The van der Waals surface area contributed by atoms with Crippen LogP contribution in [0.2, 0.25) is 0 Å². The van der Waals surface area contributed by atoms with E-state index in [0.717, 1.165) is 11.1 Å². The number of allylic oxidation sites excluding steroid dienone is 1. The SMILES string of the molecule is CC1=CS(=O)(=O)c2cc(C(C)(C)O)ccc21. The smallest absolute Gasteiger partial charge is 0.200 e. The van der Waals surface area contributed by atoms with Crippen LogP contribution in [-0.4, -0.2) is 13.5 Å². The summed E-state index contributed by atoms with van der Waals surface area (Å²) in [4.78, 5) is 0.296. The Morgan fingerprint density at radius 3 is 2.44 bits per heavy atom. The maximum Gasteiger partial charge on any atom is 0.200 e. The Morgan fingerprint density at radius 2 is 1.88 bits per heavy atom. The second-order valence-corrected chi connectivity index (χ2v) is 6.38. The molecule has 3 nitrogen and oxygen atoms in total. The Bertz CT molecular complexity index is 575. The molecule has 0 spiro atoms. The molecule has 0 unspecified atom stereocenters. The highest BCUT2D eigenvalue weighted by Gasteiger charge is 2.27. The van der Waals surface area contributed by atoms with Crippen molar-refractivity contribution in [1.82, 2.24) is 0 Å². The number of rotatable bonds is 1. The van der Waals surface area contributed by atoms with Crippen molar-refractivity contribution in [3.05, 3.63) is 34.7 Å². The molecule has 0 aliphatic carbocycles. The average Bonchev–Trinajstić information content (AvgIpc) is 2.36. The predicted octanol–water partition coefficient (Wildman–Crippen LogP) is 2.06. The zero-order valence-corrected chi connectivity index (χ0v) is 10.3. The van der Waals surface area contributed by atoms with Gasteiger partial charge in [-0.1, -0.05) is 12.1 Å². The molecule has 1 aromatic rings. The molecule has 1 aliphatic rings. The van der Waals surface area contributed by atoms with Gasteiger partial charge in [0.15, 0.2) is 0 Å². The maximum absolute atomic E-state index is 11.8. The molecule has 1 N–H and O–H groups in total. The average molecular weight is 238 g/mol. The fourth-order valence-corrected chi connectivity index (χ4v) is 3.37. The lowest BCUT2D eigenvalue weighted by Crippen LogP contribution is -2.16. The second-order valence-electron chi connectivity index (χ2n) is 4.62. The largest absolute Gasteiger partial charge is 0.386 e. The summed E-state index contributed by atoms with van der Waals surface area (Å²) in [5.74, 6) is 0. The van der Waals surface area contributed by atoms with E-state index in [0.29, 0.717) is 10.5 Å². The van der Waals surface area contributed by atoms with Crippen molar-refractivity contribution in [2.45, 2.75) is 31.3 Å². The van der Waals surface area contributed by atoms with Crippen LogP contribution in [0, 0.1) is 0 Å². The van der Waals surface area contributed by atoms with Crippen LogP contribution in [-0.2, 0) is 15.4 Å². The van der Waals surface area contributed by atoms with Gasteiger partial charge in [-0.25, -0.2) is 8.42 Å². The molecule has 0 radical (unpaired) electrons. The minimum Gasteiger partial charge on any atom is -0.386 e. The van der Waals surface area contributed by atoms with Crippen LogP contribution in [0.3, 0.4) is 0 Å². The summed E-state index contributed by atoms with van der Waals surface area (Å²) in [5.41, 5.74) is 1.06. The summed E-state index contributed by atoms with van der Waals surface area (Å²) in [6, 6.07) is 5.06. The Hall–Kier alpha value is -1.13. The van der Waals surface area contributed by atoms with Crippen molar-refractivity contribution in [3.8, 4) is 0 Å². The summed E-state index contributed by atoms with van der Waals surface area (Å²) in [6.45, 7) is 5.04. The number of benzene rings is 1. The lowest BCUT2D eigenvalue weighted by Gasteiger charge is -2.18. The van der Waals surface area contributed by atoms with E-state index in [-0.39, 0.29) is 0 Å². The van der Waals surface area contributed by atoms with Gasteiger partial charge in [-0.05, 0) is 43.5 Å². The number of hydrogen-bond donors (Lipinski definition) is 1. The van der Waals surface area contributed by atoms with Gasteiger partial charge in [0.25, 0.3) is 0 Å². The molecule has 1 aromatic carbocycles. The summed E-state index contributed by atoms with van der Waals surface area (Å²) < 4.78 is 23.6. The molecule has 0 atom stereocenters. The van der Waals surface area contributed by atoms with Crippen molar-refractivity contribution >= 4 is 15.4 Å². The summed E-state index contributed by atoms with van der Waals surface area (Å²) in [7, 11) is -3.31. The molecule has 1 aliphatic heterocycles. The van der Waals surface area contributed by atoms with Gasteiger partial charge in [-0.3, -0.25) is 0 Å². The van der Waals surface area contributed by atoms with E-state index < -0.39 is 15.4 Å². The molecular weight excluding hydrogens is 224 g/mol. The van der Waals surface area contributed by atoms with Gasteiger partial charge in [0.1, 0.15) is 0 Å². The first kappa shape index (κ1) is 11.4. The van der Waals surface area contributed by atoms with Crippen molar-refractivity contribution in [2.24, 2.45) is 0 Å². The Morgan fingerprint density at radius 1 is 1.25 bits per heavy atom. The van der Waals surface area contributed by atoms with E-state index in [1.54, 1.807) is 39.0 Å². The minimum absolute atomic E-state index is 0.296. The first-order valence-electron chi connectivity index (χ1n) is 5.02. The van der Waals surface area contributed by atoms with Gasteiger partial charge in [-0.2, -0.15) is 0 Å². The molecule has 0 aromatic heterocycles. The lowest BCUT2D eigenvalue weighted by molar-refractivity contribution is 0.0784. The van der Waals surface area contributed by atoms with E-state index >= 15 is 0 Å². The topological polar surface area (TPSA) is 54.4 Å². The number of fused-ring (bicyclic) bond motifs is 1. The van der Waals surface area contributed by atoms with Gasteiger partial charge in [-0.15, -0.1) is 0 Å². The van der Waals surface area contributed by atoms with Gasteiger partial charge in [0.2, 0.25) is 9.84 Å². The third-order valence-electron chi connectivity index (χ3n) is 2.75. The zero-order valence-electron chi connectivity index (χ0n) is 9.48. The van der Waals surface area contributed by atoms with Crippen LogP contribution in [0.1, 0.15) is 31.9 Å².